The summed E-state index contributed by atoms with van der Waals surface area (Å²) in [6, 6.07) is 3.91. The van der Waals surface area contributed by atoms with Crippen LogP contribution < -0.4 is 20.9 Å². The lowest BCUT2D eigenvalue weighted by atomic mass is 10.1. The Morgan fingerprint density at radius 2 is 2.03 bits per heavy atom. The molecule has 2 aromatic heterocycles. The third-order valence-corrected chi connectivity index (χ3v) is 4.94. The van der Waals surface area contributed by atoms with E-state index in [-0.39, 0.29) is 0 Å². The van der Waals surface area contributed by atoms with Crippen molar-refractivity contribution >= 4 is 29.0 Å². The van der Waals surface area contributed by atoms with Crippen molar-refractivity contribution in [2.75, 3.05) is 61.5 Å². The van der Waals surface area contributed by atoms with Gasteiger partial charge in [0.25, 0.3) is 0 Å². The number of ether oxygens (including phenoxy) is 1. The summed E-state index contributed by atoms with van der Waals surface area (Å²) in [6.45, 7) is 11.2. The fourth-order valence-corrected chi connectivity index (χ4v) is 3.22. The molecule has 0 amide bonds. The maximum absolute atomic E-state index is 8.53. The van der Waals surface area contributed by atoms with Gasteiger partial charge in [0.05, 0.1) is 12.3 Å². The summed E-state index contributed by atoms with van der Waals surface area (Å²) < 4.78 is 5.47. The van der Waals surface area contributed by atoms with Crippen LogP contribution in [0.1, 0.15) is 31.5 Å². The summed E-state index contributed by atoms with van der Waals surface area (Å²) in [5, 5.41) is 18.6. The van der Waals surface area contributed by atoms with Crippen molar-refractivity contribution < 1.29 is 4.74 Å². The molecule has 0 unspecified atom stereocenters. The molecule has 0 saturated carbocycles. The highest BCUT2D eigenvalue weighted by Gasteiger charge is 2.22. The lowest BCUT2D eigenvalue weighted by molar-refractivity contribution is 0.158. The van der Waals surface area contributed by atoms with Crippen LogP contribution >= 0.6 is 0 Å². The molecule has 0 aromatic carbocycles. The van der Waals surface area contributed by atoms with Crippen LogP contribution in [0, 0.1) is 12.3 Å². The average molecular weight is 413 g/mol. The van der Waals surface area contributed by atoms with E-state index in [9.17, 15) is 0 Å². The lowest BCUT2D eigenvalue weighted by Crippen LogP contribution is -2.44. The molecule has 1 aliphatic rings. The van der Waals surface area contributed by atoms with E-state index in [1.54, 1.807) is 6.20 Å². The molecule has 4 N–H and O–H groups in total. The van der Waals surface area contributed by atoms with Gasteiger partial charge >= 0.3 is 0 Å². The Morgan fingerprint density at radius 1 is 1.23 bits per heavy atom. The van der Waals surface area contributed by atoms with Crippen LogP contribution in [0.5, 0.6) is 0 Å². The number of aromatic nitrogens is 3. The number of rotatable bonds is 10. The normalized spacial score (nSPS) is 13.9. The van der Waals surface area contributed by atoms with Gasteiger partial charge in [0.15, 0.2) is 5.82 Å². The van der Waals surface area contributed by atoms with E-state index < -0.39 is 0 Å². The van der Waals surface area contributed by atoms with Gasteiger partial charge in [-0.1, -0.05) is 13.0 Å². The monoisotopic (exact) mass is 412 g/mol. The SMILES string of the molecule is CCOCCNc1c(Nc2ncccc2C)nc(N2CCNCC2)nc1C(=N)CC. The molecule has 9 nitrogen and oxygen atoms in total. The summed E-state index contributed by atoms with van der Waals surface area (Å²) in [5.74, 6) is 2.01. The van der Waals surface area contributed by atoms with Gasteiger partial charge in [-0.3, -0.25) is 0 Å². The second-order valence-electron chi connectivity index (χ2n) is 7.08. The van der Waals surface area contributed by atoms with E-state index in [0.717, 1.165) is 37.6 Å². The molecular weight excluding hydrogens is 380 g/mol. The molecule has 0 atom stereocenters. The van der Waals surface area contributed by atoms with E-state index in [2.05, 4.69) is 25.8 Å². The highest BCUT2D eigenvalue weighted by molar-refractivity contribution is 6.03. The van der Waals surface area contributed by atoms with Crippen molar-refractivity contribution in [2.24, 2.45) is 0 Å². The Labute approximate surface area is 178 Å². The molecule has 162 valence electrons. The van der Waals surface area contributed by atoms with Crippen molar-refractivity contribution in [3.63, 3.8) is 0 Å². The van der Waals surface area contributed by atoms with E-state index in [4.69, 9.17) is 20.1 Å². The molecule has 1 fully saturated rings. The summed E-state index contributed by atoms with van der Waals surface area (Å²) in [4.78, 5) is 16.3. The van der Waals surface area contributed by atoms with E-state index in [0.29, 0.717) is 55.0 Å². The zero-order valence-corrected chi connectivity index (χ0v) is 18.1. The van der Waals surface area contributed by atoms with Crippen LogP contribution in [0.15, 0.2) is 18.3 Å². The van der Waals surface area contributed by atoms with Gasteiger partial charge in [0.1, 0.15) is 17.2 Å². The molecule has 0 spiro atoms. The minimum atomic E-state index is 0.466. The predicted molar refractivity (Wildman–Crippen MR) is 121 cm³/mol. The summed E-state index contributed by atoms with van der Waals surface area (Å²) in [5.41, 5.74) is 2.82. The van der Waals surface area contributed by atoms with Gasteiger partial charge in [0.2, 0.25) is 5.95 Å². The van der Waals surface area contributed by atoms with E-state index in [1.165, 1.54) is 0 Å². The Morgan fingerprint density at radius 3 is 2.73 bits per heavy atom. The zero-order chi connectivity index (χ0) is 21.3. The number of hydrogen-bond acceptors (Lipinski definition) is 9. The first-order valence-electron chi connectivity index (χ1n) is 10.6. The van der Waals surface area contributed by atoms with Crippen LogP contribution in [-0.4, -0.2) is 66.6 Å². The Balaban J connectivity index is 2.03. The van der Waals surface area contributed by atoms with Crippen LogP contribution in [0.2, 0.25) is 0 Å². The zero-order valence-electron chi connectivity index (χ0n) is 18.1. The fourth-order valence-electron chi connectivity index (χ4n) is 3.22. The quantitative estimate of drug-likeness (QED) is 0.348. The van der Waals surface area contributed by atoms with Gasteiger partial charge in [-0.2, -0.15) is 4.98 Å². The van der Waals surface area contributed by atoms with Crippen molar-refractivity contribution in [2.45, 2.75) is 27.2 Å². The minimum absolute atomic E-state index is 0.466. The van der Waals surface area contributed by atoms with Gasteiger partial charge in [-0.25, -0.2) is 9.97 Å². The number of nitrogens with zero attached hydrogens (tertiary/aromatic N) is 4. The third kappa shape index (κ3) is 5.43. The molecular formula is C21H32N8O. The van der Waals surface area contributed by atoms with Crippen LogP contribution in [0.25, 0.3) is 0 Å². The number of anilines is 4. The molecule has 0 aliphatic carbocycles. The number of pyridine rings is 1. The maximum atomic E-state index is 8.53. The lowest BCUT2D eigenvalue weighted by Gasteiger charge is -2.29. The first-order valence-corrected chi connectivity index (χ1v) is 10.6. The number of piperazine rings is 1. The van der Waals surface area contributed by atoms with E-state index >= 15 is 0 Å². The van der Waals surface area contributed by atoms with Gasteiger partial charge in [-0.15, -0.1) is 0 Å². The Kier molecular flexibility index (Phi) is 7.92. The number of aryl methyl sites for hydroxylation is 1. The standard InChI is InChI=1S/C21H32N8O/c1-4-16(22)17-18(24-11-14-30-5-2)20(27-19-15(3)7-6-8-25-19)28-21(26-17)29-12-9-23-10-13-29/h6-8,22-24H,4-5,9-14H2,1-3H3,(H,25,26,27,28). The van der Waals surface area contributed by atoms with Crippen molar-refractivity contribution in [3.8, 4) is 0 Å². The van der Waals surface area contributed by atoms with Crippen molar-refractivity contribution in [3.05, 3.63) is 29.6 Å². The van der Waals surface area contributed by atoms with Crippen molar-refractivity contribution in [1.82, 2.24) is 20.3 Å². The molecule has 1 aliphatic heterocycles. The first-order chi connectivity index (χ1) is 14.6. The molecule has 0 radical (unpaired) electrons. The molecule has 9 heteroatoms. The highest BCUT2D eigenvalue weighted by Crippen LogP contribution is 2.30. The van der Waals surface area contributed by atoms with Crippen LogP contribution in [0.4, 0.5) is 23.3 Å². The first kappa shape index (κ1) is 21.9. The fraction of sp³-hybridized carbons (Fsp3) is 0.524. The van der Waals surface area contributed by atoms with Gasteiger partial charge in [0, 0.05) is 45.5 Å². The Hall–Kier alpha value is -2.78. The number of hydrogen-bond donors (Lipinski definition) is 4. The molecule has 1 saturated heterocycles. The van der Waals surface area contributed by atoms with E-state index in [1.807, 2.05) is 32.9 Å². The number of nitrogens with one attached hydrogen (secondary N) is 4. The largest absolute Gasteiger partial charge is 0.380 e. The van der Waals surface area contributed by atoms with Crippen LogP contribution in [-0.2, 0) is 4.74 Å². The summed E-state index contributed by atoms with van der Waals surface area (Å²) in [6.07, 6.45) is 2.34. The summed E-state index contributed by atoms with van der Waals surface area (Å²) in [7, 11) is 0. The minimum Gasteiger partial charge on any atom is -0.380 e. The van der Waals surface area contributed by atoms with Crippen molar-refractivity contribution in [1.29, 1.82) is 5.41 Å². The third-order valence-electron chi connectivity index (χ3n) is 4.94. The molecule has 3 heterocycles. The maximum Gasteiger partial charge on any atom is 0.228 e. The molecule has 0 bridgehead atoms. The molecule has 2 aromatic rings. The van der Waals surface area contributed by atoms with Gasteiger partial charge in [-0.05, 0) is 31.9 Å². The second kappa shape index (κ2) is 10.8. The smallest absolute Gasteiger partial charge is 0.228 e. The average Bonchev–Trinajstić information content (AvgIpc) is 2.78. The summed E-state index contributed by atoms with van der Waals surface area (Å²) >= 11 is 0. The second-order valence-corrected chi connectivity index (χ2v) is 7.08. The molecule has 3 rings (SSSR count). The Bertz CT molecular complexity index is 851. The van der Waals surface area contributed by atoms with Crippen LogP contribution in [0.3, 0.4) is 0 Å². The topological polar surface area (TPSA) is 111 Å². The van der Waals surface area contributed by atoms with Gasteiger partial charge < -0.3 is 31.0 Å². The highest BCUT2D eigenvalue weighted by atomic mass is 16.5. The molecule has 30 heavy (non-hydrogen) atoms. The predicted octanol–water partition coefficient (Wildman–Crippen LogP) is 2.56.